The highest BCUT2D eigenvalue weighted by Crippen LogP contribution is 2.25. The number of esters is 1. The van der Waals surface area contributed by atoms with E-state index in [2.05, 4.69) is 4.98 Å². The highest BCUT2D eigenvalue weighted by molar-refractivity contribution is 6.42. The average Bonchev–Trinajstić information content (AvgIpc) is 2.93. The number of hydrogen-bond donors (Lipinski definition) is 0. The van der Waals surface area contributed by atoms with Crippen LogP contribution in [0.4, 0.5) is 8.78 Å². The molecule has 0 aliphatic rings. The highest BCUT2D eigenvalue weighted by atomic mass is 35.5. The lowest BCUT2D eigenvalue weighted by atomic mass is 10.2. The lowest BCUT2D eigenvalue weighted by Gasteiger charge is -2.09. The van der Waals surface area contributed by atoms with Gasteiger partial charge >= 0.3 is 12.5 Å². The number of carbonyl (C=O) groups is 1. The Labute approximate surface area is 145 Å². The zero-order chi connectivity index (χ0) is 17.3. The number of alkyl halides is 2. The summed E-state index contributed by atoms with van der Waals surface area (Å²) >= 11 is 11.6. The average molecular weight is 371 g/mol. The summed E-state index contributed by atoms with van der Waals surface area (Å²) in [6.45, 7) is -3.19. The van der Waals surface area contributed by atoms with E-state index in [1.54, 1.807) is 18.2 Å². The van der Waals surface area contributed by atoms with Crippen LogP contribution in [0.25, 0.3) is 11.0 Å². The van der Waals surface area contributed by atoms with Gasteiger partial charge in [-0.2, -0.15) is 8.78 Å². The van der Waals surface area contributed by atoms with Crippen LogP contribution in [0.15, 0.2) is 42.5 Å². The molecular formula is C16H10Cl2F2N2O2. The summed E-state index contributed by atoms with van der Waals surface area (Å²) in [5, 5.41) is 0.499. The topological polar surface area (TPSA) is 44.1 Å². The number of aromatic nitrogens is 2. The molecule has 0 saturated carbocycles. The highest BCUT2D eigenvalue weighted by Gasteiger charge is 2.19. The van der Waals surface area contributed by atoms with Crippen LogP contribution in [0.3, 0.4) is 0 Å². The molecule has 124 valence electrons. The van der Waals surface area contributed by atoms with Gasteiger partial charge in [0.2, 0.25) is 0 Å². The molecule has 24 heavy (non-hydrogen) atoms. The Morgan fingerprint density at radius 3 is 2.62 bits per heavy atom. The molecule has 0 amide bonds. The first kappa shape index (κ1) is 16.7. The van der Waals surface area contributed by atoms with Crippen LogP contribution < -0.4 is 0 Å². The van der Waals surface area contributed by atoms with Gasteiger partial charge in [0.05, 0.1) is 26.6 Å². The van der Waals surface area contributed by atoms with E-state index in [0.29, 0.717) is 10.5 Å². The molecule has 0 N–H and O–H groups in total. The van der Waals surface area contributed by atoms with Gasteiger partial charge in [0, 0.05) is 0 Å². The zero-order valence-electron chi connectivity index (χ0n) is 12.0. The third kappa shape index (κ3) is 3.20. The number of benzene rings is 2. The predicted molar refractivity (Wildman–Crippen MR) is 86.6 cm³/mol. The van der Waals surface area contributed by atoms with Crippen molar-refractivity contribution < 1.29 is 18.3 Å². The van der Waals surface area contributed by atoms with Gasteiger partial charge in [0.15, 0.2) is 5.82 Å². The van der Waals surface area contributed by atoms with Crippen LogP contribution in [-0.4, -0.2) is 15.5 Å². The van der Waals surface area contributed by atoms with Crippen LogP contribution >= 0.6 is 23.2 Å². The number of nitrogens with zero attached hydrogens (tertiary/aromatic N) is 2. The van der Waals surface area contributed by atoms with Gasteiger partial charge in [-0.1, -0.05) is 35.3 Å². The standard InChI is InChI=1S/C16H10Cl2F2N2O2/c17-10-6-5-9(7-11(10)18)15(23)24-8-14-21-12-3-1-2-4-13(12)22(14)16(19)20/h1-7,16H,8H2. The number of ether oxygens (including phenoxy) is 1. The predicted octanol–water partition coefficient (Wildman–Crippen LogP) is 5.10. The normalized spacial score (nSPS) is 11.2. The van der Waals surface area contributed by atoms with Gasteiger partial charge in [-0.05, 0) is 30.3 Å². The molecule has 0 bridgehead atoms. The molecule has 3 rings (SSSR count). The van der Waals surface area contributed by atoms with Crippen molar-refractivity contribution in [2.24, 2.45) is 0 Å². The summed E-state index contributed by atoms with van der Waals surface area (Å²) in [5.41, 5.74) is 0.843. The van der Waals surface area contributed by atoms with Crippen molar-refractivity contribution in [1.82, 2.24) is 9.55 Å². The minimum Gasteiger partial charge on any atom is -0.454 e. The van der Waals surface area contributed by atoms with Gasteiger partial charge in [-0.25, -0.2) is 9.78 Å². The Hall–Kier alpha value is -2.18. The molecule has 1 aromatic heterocycles. The fraction of sp³-hybridized carbons (Fsp3) is 0.125. The maximum atomic E-state index is 13.3. The summed E-state index contributed by atoms with van der Waals surface area (Å²) in [5.74, 6) is -0.749. The molecule has 3 aromatic rings. The summed E-state index contributed by atoms with van der Waals surface area (Å²) in [7, 11) is 0. The number of rotatable bonds is 4. The molecule has 8 heteroatoms. The first-order valence-electron chi connectivity index (χ1n) is 6.83. The van der Waals surface area contributed by atoms with Gasteiger partial charge < -0.3 is 4.74 Å². The number of imidazole rings is 1. The van der Waals surface area contributed by atoms with Crippen LogP contribution in [0.1, 0.15) is 22.7 Å². The van der Waals surface area contributed by atoms with Crippen molar-refractivity contribution in [2.75, 3.05) is 0 Å². The maximum absolute atomic E-state index is 13.3. The second-order valence-corrected chi connectivity index (χ2v) is 5.68. The fourth-order valence-electron chi connectivity index (χ4n) is 2.25. The third-order valence-electron chi connectivity index (χ3n) is 3.35. The zero-order valence-corrected chi connectivity index (χ0v) is 13.6. The van der Waals surface area contributed by atoms with Crippen molar-refractivity contribution in [3.63, 3.8) is 0 Å². The van der Waals surface area contributed by atoms with Crippen molar-refractivity contribution in [3.05, 3.63) is 63.9 Å². The van der Waals surface area contributed by atoms with Crippen molar-refractivity contribution >= 4 is 40.2 Å². The van der Waals surface area contributed by atoms with Crippen LogP contribution in [-0.2, 0) is 11.3 Å². The summed E-state index contributed by atoms with van der Waals surface area (Å²) in [6.07, 6.45) is 0. The lowest BCUT2D eigenvalue weighted by molar-refractivity contribution is 0.0387. The summed E-state index contributed by atoms with van der Waals surface area (Å²) < 4.78 is 32.4. The lowest BCUT2D eigenvalue weighted by Crippen LogP contribution is -2.10. The largest absolute Gasteiger partial charge is 0.454 e. The summed E-state index contributed by atoms with van der Waals surface area (Å²) in [4.78, 5) is 16.1. The second-order valence-electron chi connectivity index (χ2n) is 4.87. The second kappa shape index (κ2) is 6.75. The molecule has 0 spiro atoms. The molecular weight excluding hydrogens is 361 g/mol. The van der Waals surface area contributed by atoms with E-state index >= 15 is 0 Å². The maximum Gasteiger partial charge on any atom is 0.338 e. The van der Waals surface area contributed by atoms with Crippen molar-refractivity contribution in [1.29, 1.82) is 0 Å². The molecule has 0 aliphatic carbocycles. The van der Waals surface area contributed by atoms with Gasteiger partial charge in [-0.15, -0.1) is 0 Å². The minimum absolute atomic E-state index is 0.0420. The number of hydrogen-bond acceptors (Lipinski definition) is 3. The van der Waals surface area contributed by atoms with Crippen LogP contribution in [0, 0.1) is 0 Å². The molecule has 0 radical (unpaired) electrons. The Balaban J connectivity index is 1.83. The van der Waals surface area contributed by atoms with E-state index in [1.165, 1.54) is 24.3 Å². The van der Waals surface area contributed by atoms with E-state index in [1.807, 2.05) is 0 Å². The first-order chi connectivity index (χ1) is 11.5. The van der Waals surface area contributed by atoms with Gasteiger partial charge in [-0.3, -0.25) is 4.57 Å². The van der Waals surface area contributed by atoms with Crippen LogP contribution in [0.5, 0.6) is 0 Å². The summed E-state index contributed by atoms with van der Waals surface area (Å²) in [6, 6.07) is 10.7. The molecule has 0 atom stereocenters. The van der Waals surface area contributed by atoms with E-state index in [0.717, 1.165) is 4.57 Å². The molecule has 0 aliphatic heterocycles. The Kier molecular flexibility index (Phi) is 4.69. The quantitative estimate of drug-likeness (QED) is 0.600. The first-order valence-corrected chi connectivity index (χ1v) is 7.59. The van der Waals surface area contributed by atoms with E-state index in [-0.39, 0.29) is 21.9 Å². The molecule has 0 fully saturated rings. The Bertz CT molecular complexity index is 912. The fourth-order valence-corrected chi connectivity index (χ4v) is 2.55. The number of halogens is 4. The minimum atomic E-state index is -2.80. The molecule has 2 aromatic carbocycles. The number of fused-ring (bicyclic) bond motifs is 1. The SMILES string of the molecule is O=C(OCc1nc2ccccc2n1C(F)F)c1ccc(Cl)c(Cl)c1. The molecule has 1 heterocycles. The van der Waals surface area contributed by atoms with Crippen molar-refractivity contribution in [3.8, 4) is 0 Å². The molecule has 0 unspecified atom stereocenters. The van der Waals surface area contributed by atoms with E-state index < -0.39 is 19.1 Å². The van der Waals surface area contributed by atoms with E-state index in [4.69, 9.17) is 27.9 Å². The van der Waals surface area contributed by atoms with Gasteiger partial charge in [0.25, 0.3) is 0 Å². The van der Waals surface area contributed by atoms with Gasteiger partial charge in [0.1, 0.15) is 6.61 Å². The Morgan fingerprint density at radius 1 is 1.17 bits per heavy atom. The molecule has 4 nitrogen and oxygen atoms in total. The van der Waals surface area contributed by atoms with Crippen LogP contribution in [0.2, 0.25) is 10.0 Å². The number of carbonyl (C=O) groups excluding carboxylic acids is 1. The van der Waals surface area contributed by atoms with E-state index in [9.17, 15) is 13.6 Å². The van der Waals surface area contributed by atoms with Crippen molar-refractivity contribution in [2.45, 2.75) is 13.2 Å². The monoisotopic (exact) mass is 370 g/mol. The Morgan fingerprint density at radius 2 is 1.92 bits per heavy atom. The number of para-hydroxylation sites is 2. The molecule has 0 saturated heterocycles. The third-order valence-corrected chi connectivity index (χ3v) is 4.09. The smallest absolute Gasteiger partial charge is 0.338 e.